The molecule has 0 amide bonds. The van der Waals surface area contributed by atoms with Crippen molar-refractivity contribution in [3.05, 3.63) is 59.2 Å². The van der Waals surface area contributed by atoms with E-state index in [0.29, 0.717) is 6.42 Å². The van der Waals surface area contributed by atoms with E-state index in [9.17, 15) is 5.11 Å². The van der Waals surface area contributed by atoms with Gasteiger partial charge in [-0.05, 0) is 18.6 Å². The minimum atomic E-state index is -0.866. The van der Waals surface area contributed by atoms with E-state index < -0.39 is 6.29 Å². The molecule has 0 saturated carbocycles. The third-order valence-electron chi connectivity index (χ3n) is 2.70. The molecule has 1 atom stereocenters. The lowest BCUT2D eigenvalue weighted by molar-refractivity contribution is -0.0769. The summed E-state index contributed by atoms with van der Waals surface area (Å²) in [7, 11) is 1.47. The fourth-order valence-electron chi connectivity index (χ4n) is 1.70. The summed E-state index contributed by atoms with van der Waals surface area (Å²) >= 11 is 0. The molecule has 2 rings (SSSR count). The van der Waals surface area contributed by atoms with Crippen molar-refractivity contribution in [2.24, 2.45) is 0 Å². The highest BCUT2D eigenvalue weighted by Gasteiger charge is 2.05. The molecule has 0 aliphatic heterocycles. The van der Waals surface area contributed by atoms with E-state index in [2.05, 4.69) is 9.97 Å². The Hall–Kier alpha value is -1.78. The molecule has 0 aliphatic carbocycles. The molecule has 0 fully saturated rings. The van der Waals surface area contributed by atoms with Gasteiger partial charge in [-0.1, -0.05) is 24.3 Å². The van der Waals surface area contributed by atoms with Gasteiger partial charge in [-0.2, -0.15) is 0 Å². The molecule has 1 aromatic heterocycles. The number of methoxy groups -OCH3 is 1. The third kappa shape index (κ3) is 3.12. The van der Waals surface area contributed by atoms with Gasteiger partial charge in [0, 0.05) is 31.0 Å². The number of benzene rings is 1. The lowest BCUT2D eigenvalue weighted by atomic mass is 10.1. The largest absolute Gasteiger partial charge is 0.364 e. The lowest BCUT2D eigenvalue weighted by Crippen LogP contribution is -2.00. The molecule has 4 heteroatoms. The second-order valence-electron chi connectivity index (χ2n) is 4.12. The average molecular weight is 244 g/mol. The van der Waals surface area contributed by atoms with Crippen molar-refractivity contribution in [2.45, 2.75) is 19.6 Å². The number of nitrogens with zero attached hydrogens (tertiary/aromatic N) is 2. The van der Waals surface area contributed by atoms with Gasteiger partial charge in [-0.25, -0.2) is 9.97 Å². The Morgan fingerprint density at radius 2 is 1.94 bits per heavy atom. The SMILES string of the molecule is COC(O)c1ccc(Cc2nccc(C)n2)cc1. The second kappa shape index (κ2) is 5.71. The monoisotopic (exact) mass is 244 g/mol. The lowest BCUT2D eigenvalue weighted by Gasteiger charge is -2.09. The number of rotatable bonds is 4. The third-order valence-corrected chi connectivity index (χ3v) is 2.70. The van der Waals surface area contributed by atoms with Gasteiger partial charge in [0.1, 0.15) is 5.82 Å². The highest BCUT2D eigenvalue weighted by Crippen LogP contribution is 2.15. The van der Waals surface area contributed by atoms with Crippen molar-refractivity contribution in [2.75, 3.05) is 7.11 Å². The Balaban J connectivity index is 2.11. The van der Waals surface area contributed by atoms with Gasteiger partial charge in [0.05, 0.1) is 0 Å². The van der Waals surface area contributed by atoms with Crippen molar-refractivity contribution < 1.29 is 9.84 Å². The molecule has 1 aromatic carbocycles. The number of aryl methyl sites for hydroxylation is 1. The van der Waals surface area contributed by atoms with Crippen LogP contribution in [0.25, 0.3) is 0 Å². The first-order valence-corrected chi connectivity index (χ1v) is 5.77. The average Bonchev–Trinajstić information content (AvgIpc) is 2.39. The fraction of sp³-hybridized carbons (Fsp3) is 0.286. The topological polar surface area (TPSA) is 55.2 Å². The van der Waals surface area contributed by atoms with E-state index in [-0.39, 0.29) is 0 Å². The zero-order valence-corrected chi connectivity index (χ0v) is 10.5. The number of aromatic nitrogens is 2. The predicted octanol–water partition coefficient (Wildman–Crippen LogP) is 2.01. The second-order valence-corrected chi connectivity index (χ2v) is 4.12. The van der Waals surface area contributed by atoms with Crippen molar-refractivity contribution in [1.82, 2.24) is 9.97 Å². The van der Waals surface area contributed by atoms with Crippen LogP contribution in [-0.2, 0) is 11.2 Å². The van der Waals surface area contributed by atoms with Gasteiger partial charge in [0.25, 0.3) is 0 Å². The van der Waals surface area contributed by atoms with Crippen molar-refractivity contribution in [3.8, 4) is 0 Å². The predicted molar refractivity (Wildman–Crippen MR) is 68.0 cm³/mol. The summed E-state index contributed by atoms with van der Waals surface area (Å²) in [4.78, 5) is 8.58. The van der Waals surface area contributed by atoms with Crippen LogP contribution in [0.2, 0.25) is 0 Å². The molecule has 1 heterocycles. The molecule has 94 valence electrons. The normalized spacial score (nSPS) is 12.4. The quantitative estimate of drug-likeness (QED) is 0.836. The Morgan fingerprint density at radius 1 is 1.22 bits per heavy atom. The van der Waals surface area contributed by atoms with Crippen LogP contribution in [-0.4, -0.2) is 22.2 Å². The highest BCUT2D eigenvalue weighted by atomic mass is 16.6. The molecule has 0 radical (unpaired) electrons. The molecule has 2 aromatic rings. The maximum atomic E-state index is 9.50. The first-order chi connectivity index (χ1) is 8.69. The number of hydrogen-bond acceptors (Lipinski definition) is 4. The summed E-state index contributed by atoms with van der Waals surface area (Å²) in [5.41, 5.74) is 2.81. The summed E-state index contributed by atoms with van der Waals surface area (Å²) in [5, 5.41) is 9.50. The van der Waals surface area contributed by atoms with Gasteiger partial charge in [-0.15, -0.1) is 0 Å². The molecular weight excluding hydrogens is 228 g/mol. The molecule has 0 aliphatic rings. The van der Waals surface area contributed by atoms with E-state index in [4.69, 9.17) is 4.74 Å². The molecule has 1 N–H and O–H groups in total. The van der Waals surface area contributed by atoms with E-state index in [0.717, 1.165) is 22.6 Å². The van der Waals surface area contributed by atoms with Crippen molar-refractivity contribution >= 4 is 0 Å². The number of ether oxygens (including phenoxy) is 1. The van der Waals surface area contributed by atoms with E-state index in [1.165, 1.54) is 7.11 Å². The van der Waals surface area contributed by atoms with E-state index >= 15 is 0 Å². The summed E-state index contributed by atoms with van der Waals surface area (Å²) in [5.74, 6) is 0.801. The Bertz CT molecular complexity index is 511. The zero-order valence-electron chi connectivity index (χ0n) is 10.5. The van der Waals surface area contributed by atoms with Crippen molar-refractivity contribution in [1.29, 1.82) is 0 Å². The van der Waals surface area contributed by atoms with Crippen LogP contribution < -0.4 is 0 Å². The van der Waals surface area contributed by atoms with Gasteiger partial charge < -0.3 is 9.84 Å². The fourth-order valence-corrected chi connectivity index (χ4v) is 1.70. The van der Waals surface area contributed by atoms with Gasteiger partial charge in [-0.3, -0.25) is 0 Å². The highest BCUT2D eigenvalue weighted by molar-refractivity contribution is 5.25. The van der Waals surface area contributed by atoms with Gasteiger partial charge in [0.15, 0.2) is 6.29 Å². The number of aliphatic hydroxyl groups excluding tert-OH is 1. The van der Waals surface area contributed by atoms with Crippen LogP contribution >= 0.6 is 0 Å². The molecule has 18 heavy (non-hydrogen) atoms. The summed E-state index contributed by atoms with van der Waals surface area (Å²) in [6, 6.07) is 9.46. The summed E-state index contributed by atoms with van der Waals surface area (Å²) in [6.45, 7) is 1.95. The Labute approximate surface area is 106 Å². The molecule has 4 nitrogen and oxygen atoms in total. The smallest absolute Gasteiger partial charge is 0.180 e. The van der Waals surface area contributed by atoms with Gasteiger partial charge in [0.2, 0.25) is 0 Å². The van der Waals surface area contributed by atoms with E-state index in [1.54, 1.807) is 6.20 Å². The van der Waals surface area contributed by atoms with Crippen LogP contribution in [0.3, 0.4) is 0 Å². The number of aliphatic hydroxyl groups is 1. The van der Waals surface area contributed by atoms with Crippen LogP contribution in [0.4, 0.5) is 0 Å². The minimum Gasteiger partial charge on any atom is -0.364 e. The Kier molecular flexibility index (Phi) is 4.02. The molecule has 1 unspecified atom stereocenters. The van der Waals surface area contributed by atoms with Crippen molar-refractivity contribution in [3.63, 3.8) is 0 Å². The van der Waals surface area contributed by atoms with Crippen LogP contribution in [0, 0.1) is 6.92 Å². The summed E-state index contributed by atoms with van der Waals surface area (Å²) < 4.78 is 4.84. The van der Waals surface area contributed by atoms with E-state index in [1.807, 2.05) is 37.3 Å². The first kappa shape index (κ1) is 12.7. The zero-order chi connectivity index (χ0) is 13.0. The molecule has 0 saturated heterocycles. The van der Waals surface area contributed by atoms with Crippen LogP contribution in [0.1, 0.15) is 28.9 Å². The van der Waals surface area contributed by atoms with Crippen LogP contribution in [0.15, 0.2) is 36.5 Å². The maximum Gasteiger partial charge on any atom is 0.180 e. The molecule has 0 bridgehead atoms. The molecule has 0 spiro atoms. The number of hydrogen-bond donors (Lipinski definition) is 1. The standard InChI is InChI=1S/C14H16N2O2/c1-10-7-8-15-13(16-10)9-11-3-5-12(6-4-11)14(17)18-2/h3-8,14,17H,9H2,1-2H3. The molecular formula is C14H16N2O2. The van der Waals surface area contributed by atoms with Crippen LogP contribution in [0.5, 0.6) is 0 Å². The maximum absolute atomic E-state index is 9.50. The minimum absolute atomic E-state index is 0.686. The summed E-state index contributed by atoms with van der Waals surface area (Å²) in [6.07, 6.45) is 1.58. The van der Waals surface area contributed by atoms with Gasteiger partial charge >= 0.3 is 0 Å². The first-order valence-electron chi connectivity index (χ1n) is 5.77. The Morgan fingerprint density at radius 3 is 2.56 bits per heavy atom.